The monoisotopic (exact) mass is 449 g/mol. The number of piperazine rings is 1. The second-order valence-electron chi connectivity index (χ2n) is 8.29. The molecule has 0 atom stereocenters. The number of carbonyl (C=O) groups is 2. The Balaban J connectivity index is 1.26. The largest absolute Gasteiger partial charge is 0.416 e. The Bertz CT molecular complexity index is 943. The molecule has 32 heavy (non-hydrogen) atoms. The molecular weight excluding hydrogens is 423 g/mol. The van der Waals surface area contributed by atoms with E-state index in [0.717, 1.165) is 25.0 Å². The van der Waals surface area contributed by atoms with Crippen LogP contribution in [0.3, 0.4) is 0 Å². The van der Waals surface area contributed by atoms with E-state index in [-0.39, 0.29) is 23.9 Å². The Morgan fingerprint density at radius 1 is 1.00 bits per heavy atom. The van der Waals surface area contributed by atoms with Gasteiger partial charge in [0.2, 0.25) is 5.91 Å². The quantitative estimate of drug-likeness (QED) is 0.760. The summed E-state index contributed by atoms with van der Waals surface area (Å²) in [5.74, 6) is 0.272. The van der Waals surface area contributed by atoms with Gasteiger partial charge in [-0.2, -0.15) is 18.3 Å². The maximum atomic E-state index is 12.7. The van der Waals surface area contributed by atoms with E-state index in [0.29, 0.717) is 38.0 Å². The molecular formula is C22H26F3N5O2. The van der Waals surface area contributed by atoms with E-state index < -0.39 is 11.7 Å². The van der Waals surface area contributed by atoms with Gasteiger partial charge in [0.05, 0.1) is 24.3 Å². The summed E-state index contributed by atoms with van der Waals surface area (Å²) < 4.78 is 40.0. The Morgan fingerprint density at radius 2 is 1.66 bits per heavy atom. The van der Waals surface area contributed by atoms with Gasteiger partial charge in [0.15, 0.2) is 0 Å². The number of amides is 2. The molecule has 1 aliphatic heterocycles. The van der Waals surface area contributed by atoms with Gasteiger partial charge in [0.25, 0.3) is 5.91 Å². The summed E-state index contributed by atoms with van der Waals surface area (Å²) in [6.07, 6.45) is 1.75. The summed E-state index contributed by atoms with van der Waals surface area (Å²) in [7, 11) is 0. The van der Waals surface area contributed by atoms with Gasteiger partial charge in [0, 0.05) is 37.8 Å². The molecule has 0 unspecified atom stereocenters. The smallest absolute Gasteiger partial charge is 0.336 e. The number of nitrogens with zero attached hydrogens (tertiary/aromatic N) is 4. The van der Waals surface area contributed by atoms with Crippen LogP contribution in [0.2, 0.25) is 0 Å². The summed E-state index contributed by atoms with van der Waals surface area (Å²) in [5, 5.41) is 7.30. The number of aromatic nitrogens is 2. The molecule has 10 heteroatoms. The van der Waals surface area contributed by atoms with E-state index in [1.54, 1.807) is 17.2 Å². The highest BCUT2D eigenvalue weighted by molar-refractivity contribution is 5.94. The molecule has 2 aliphatic rings. The van der Waals surface area contributed by atoms with Gasteiger partial charge in [-0.3, -0.25) is 14.5 Å². The zero-order valence-electron chi connectivity index (χ0n) is 17.6. The van der Waals surface area contributed by atoms with Crippen molar-refractivity contribution < 1.29 is 22.8 Å². The van der Waals surface area contributed by atoms with Crippen molar-refractivity contribution in [2.75, 3.05) is 38.0 Å². The summed E-state index contributed by atoms with van der Waals surface area (Å²) in [5.41, 5.74) is -0.552. The molecule has 4 rings (SSSR count). The molecule has 1 aliphatic carbocycles. The highest BCUT2D eigenvalue weighted by Crippen LogP contribution is 2.31. The molecule has 0 bridgehead atoms. The molecule has 1 aromatic heterocycles. The lowest BCUT2D eigenvalue weighted by Gasteiger charge is -2.34. The second-order valence-corrected chi connectivity index (χ2v) is 8.29. The topological polar surface area (TPSA) is 70.5 Å². The van der Waals surface area contributed by atoms with Gasteiger partial charge in [-0.15, -0.1) is 0 Å². The Morgan fingerprint density at radius 3 is 2.28 bits per heavy atom. The summed E-state index contributed by atoms with van der Waals surface area (Å²) in [4.78, 5) is 28.7. The van der Waals surface area contributed by atoms with Crippen molar-refractivity contribution >= 4 is 17.6 Å². The fourth-order valence-corrected chi connectivity index (χ4v) is 4.33. The molecule has 0 radical (unpaired) electrons. The fraction of sp³-hybridized carbons (Fsp3) is 0.500. The molecule has 1 aromatic carbocycles. The number of halogens is 3. The average molecular weight is 449 g/mol. The molecule has 2 aromatic rings. The van der Waals surface area contributed by atoms with Crippen LogP contribution in [0.25, 0.3) is 0 Å². The molecule has 1 saturated heterocycles. The maximum Gasteiger partial charge on any atom is 0.416 e. The molecule has 1 saturated carbocycles. The van der Waals surface area contributed by atoms with Crippen LogP contribution in [0.15, 0.2) is 36.5 Å². The number of carbonyl (C=O) groups excluding carboxylic acids is 2. The predicted octanol–water partition coefficient (Wildman–Crippen LogP) is 3.41. The van der Waals surface area contributed by atoms with E-state index in [1.165, 1.54) is 25.0 Å². The molecule has 0 spiro atoms. The number of hydrogen-bond donors (Lipinski definition) is 1. The summed E-state index contributed by atoms with van der Waals surface area (Å²) in [6.45, 7) is 2.06. The lowest BCUT2D eigenvalue weighted by Crippen LogP contribution is -2.50. The van der Waals surface area contributed by atoms with Crippen LogP contribution < -0.4 is 5.32 Å². The summed E-state index contributed by atoms with van der Waals surface area (Å²) in [6, 6.07) is 6.39. The van der Waals surface area contributed by atoms with Gasteiger partial charge < -0.3 is 10.2 Å². The van der Waals surface area contributed by atoms with Gasteiger partial charge >= 0.3 is 6.18 Å². The summed E-state index contributed by atoms with van der Waals surface area (Å²) >= 11 is 0. The van der Waals surface area contributed by atoms with E-state index in [9.17, 15) is 22.8 Å². The Labute approximate surface area is 184 Å². The van der Waals surface area contributed by atoms with Gasteiger partial charge in [0.1, 0.15) is 5.82 Å². The standard InChI is InChI=1S/C22H26F3N5O2/c23-22(24,25)17-7-5-16(6-8-17)21(32)29-13-11-28(12-14-29)15-20(31)27-19-9-10-26-30(19)18-3-1-2-4-18/h5-10,18H,1-4,11-15H2,(H,27,31). The van der Waals surface area contributed by atoms with Crippen molar-refractivity contribution in [1.29, 1.82) is 0 Å². The average Bonchev–Trinajstić information content (AvgIpc) is 3.45. The number of rotatable bonds is 5. The van der Waals surface area contributed by atoms with Crippen LogP contribution in [0.4, 0.5) is 19.0 Å². The first kappa shape index (κ1) is 22.3. The predicted molar refractivity (Wildman–Crippen MR) is 112 cm³/mol. The first-order valence-corrected chi connectivity index (χ1v) is 10.8. The third-order valence-corrected chi connectivity index (χ3v) is 6.09. The van der Waals surface area contributed by atoms with Crippen LogP contribution in [0.1, 0.15) is 47.6 Å². The lowest BCUT2D eigenvalue weighted by atomic mass is 10.1. The lowest BCUT2D eigenvalue weighted by molar-refractivity contribution is -0.137. The van der Waals surface area contributed by atoms with E-state index in [1.807, 2.05) is 9.58 Å². The zero-order chi connectivity index (χ0) is 22.7. The van der Waals surface area contributed by atoms with Crippen molar-refractivity contribution in [3.63, 3.8) is 0 Å². The van der Waals surface area contributed by atoms with Crippen molar-refractivity contribution in [3.05, 3.63) is 47.7 Å². The van der Waals surface area contributed by atoms with Gasteiger partial charge in [-0.1, -0.05) is 12.8 Å². The molecule has 2 amide bonds. The first-order chi connectivity index (χ1) is 15.3. The van der Waals surface area contributed by atoms with E-state index in [2.05, 4.69) is 10.4 Å². The maximum absolute atomic E-state index is 12.7. The highest BCUT2D eigenvalue weighted by Gasteiger charge is 2.31. The van der Waals surface area contributed by atoms with Crippen LogP contribution in [0, 0.1) is 0 Å². The molecule has 2 heterocycles. The van der Waals surface area contributed by atoms with Gasteiger partial charge in [-0.25, -0.2) is 4.68 Å². The number of benzene rings is 1. The third-order valence-electron chi connectivity index (χ3n) is 6.09. The SMILES string of the molecule is O=C(CN1CCN(C(=O)c2ccc(C(F)(F)F)cc2)CC1)Nc1ccnn1C1CCCC1. The minimum Gasteiger partial charge on any atom is -0.336 e. The molecule has 2 fully saturated rings. The number of nitrogens with one attached hydrogen (secondary N) is 1. The van der Waals surface area contributed by atoms with E-state index >= 15 is 0 Å². The molecule has 1 N–H and O–H groups in total. The van der Waals surface area contributed by atoms with Crippen LogP contribution >= 0.6 is 0 Å². The second kappa shape index (κ2) is 9.32. The number of hydrogen-bond acceptors (Lipinski definition) is 4. The van der Waals surface area contributed by atoms with E-state index in [4.69, 9.17) is 0 Å². The molecule has 172 valence electrons. The number of alkyl halides is 3. The zero-order valence-corrected chi connectivity index (χ0v) is 17.6. The fourth-order valence-electron chi connectivity index (χ4n) is 4.33. The minimum atomic E-state index is -4.43. The van der Waals surface area contributed by atoms with Crippen LogP contribution in [0.5, 0.6) is 0 Å². The highest BCUT2D eigenvalue weighted by atomic mass is 19.4. The van der Waals surface area contributed by atoms with Crippen LogP contribution in [-0.4, -0.2) is 64.1 Å². The van der Waals surface area contributed by atoms with Gasteiger partial charge in [-0.05, 0) is 37.1 Å². The van der Waals surface area contributed by atoms with Crippen molar-refractivity contribution in [3.8, 4) is 0 Å². The van der Waals surface area contributed by atoms with Crippen molar-refractivity contribution in [2.24, 2.45) is 0 Å². The molecule has 7 nitrogen and oxygen atoms in total. The Hall–Kier alpha value is -2.88. The van der Waals surface area contributed by atoms with Crippen molar-refractivity contribution in [2.45, 2.75) is 37.9 Å². The van der Waals surface area contributed by atoms with Crippen LogP contribution in [-0.2, 0) is 11.0 Å². The third kappa shape index (κ3) is 5.12. The van der Waals surface area contributed by atoms with Crippen molar-refractivity contribution in [1.82, 2.24) is 19.6 Å². The number of anilines is 1. The minimum absolute atomic E-state index is 0.132. The Kier molecular flexibility index (Phi) is 6.50. The first-order valence-electron chi connectivity index (χ1n) is 10.8. The normalized spacial score (nSPS) is 18.2.